The first-order valence-electron chi connectivity index (χ1n) is 6.87. The minimum Gasteiger partial charge on any atom is -0.329 e. The molecule has 3 rings (SSSR count). The molecule has 0 aromatic heterocycles. The van der Waals surface area contributed by atoms with Gasteiger partial charge in [0.15, 0.2) is 0 Å². The number of thioether (sulfide) groups is 1. The SMILES string of the molecule is NCC(Sc1ccc2ccccc2c1)c1cccc(Cl)c1. The summed E-state index contributed by atoms with van der Waals surface area (Å²) in [6, 6.07) is 22.8. The summed E-state index contributed by atoms with van der Waals surface area (Å²) in [6.07, 6.45) is 0. The minimum atomic E-state index is 0.213. The van der Waals surface area contributed by atoms with Crippen LogP contribution in [0.15, 0.2) is 71.6 Å². The fourth-order valence-corrected chi connectivity index (χ4v) is 3.61. The van der Waals surface area contributed by atoms with Gasteiger partial charge in [-0.2, -0.15) is 0 Å². The molecule has 0 bridgehead atoms. The monoisotopic (exact) mass is 313 g/mol. The van der Waals surface area contributed by atoms with E-state index < -0.39 is 0 Å². The van der Waals surface area contributed by atoms with Crippen molar-refractivity contribution in [1.29, 1.82) is 0 Å². The summed E-state index contributed by atoms with van der Waals surface area (Å²) in [5.74, 6) is 0. The summed E-state index contributed by atoms with van der Waals surface area (Å²) in [4.78, 5) is 1.23. The van der Waals surface area contributed by atoms with Crippen LogP contribution in [0.3, 0.4) is 0 Å². The number of fused-ring (bicyclic) bond motifs is 1. The zero-order valence-corrected chi connectivity index (χ0v) is 13.1. The van der Waals surface area contributed by atoms with E-state index in [1.54, 1.807) is 11.8 Å². The van der Waals surface area contributed by atoms with Crippen molar-refractivity contribution in [2.24, 2.45) is 5.73 Å². The fraction of sp³-hybridized carbons (Fsp3) is 0.111. The lowest BCUT2D eigenvalue weighted by Gasteiger charge is -2.15. The van der Waals surface area contributed by atoms with E-state index in [1.807, 2.05) is 18.2 Å². The molecule has 0 spiro atoms. The molecule has 1 atom stereocenters. The number of hydrogen-bond donors (Lipinski definition) is 1. The van der Waals surface area contributed by atoms with E-state index in [0.29, 0.717) is 6.54 Å². The van der Waals surface area contributed by atoms with Gasteiger partial charge in [-0.25, -0.2) is 0 Å². The van der Waals surface area contributed by atoms with Crippen molar-refractivity contribution in [3.8, 4) is 0 Å². The van der Waals surface area contributed by atoms with Gasteiger partial charge in [0.25, 0.3) is 0 Å². The standard InChI is InChI=1S/C18H16ClNS/c19-16-7-3-6-15(10-16)18(12-20)21-17-9-8-13-4-1-2-5-14(13)11-17/h1-11,18H,12,20H2. The third kappa shape index (κ3) is 3.41. The first-order valence-corrected chi connectivity index (χ1v) is 8.13. The van der Waals surface area contributed by atoms with Crippen molar-refractivity contribution >= 4 is 34.1 Å². The zero-order valence-electron chi connectivity index (χ0n) is 11.5. The Morgan fingerprint density at radius 3 is 2.48 bits per heavy atom. The summed E-state index contributed by atoms with van der Waals surface area (Å²) in [6.45, 7) is 0.581. The van der Waals surface area contributed by atoms with Crippen molar-refractivity contribution < 1.29 is 0 Å². The van der Waals surface area contributed by atoms with Gasteiger partial charge >= 0.3 is 0 Å². The van der Waals surface area contributed by atoms with Crippen LogP contribution in [0, 0.1) is 0 Å². The topological polar surface area (TPSA) is 26.0 Å². The van der Waals surface area contributed by atoms with Gasteiger partial charge < -0.3 is 5.73 Å². The summed E-state index contributed by atoms with van der Waals surface area (Å²) >= 11 is 7.86. The van der Waals surface area contributed by atoms with Crippen molar-refractivity contribution in [2.45, 2.75) is 10.1 Å². The van der Waals surface area contributed by atoms with Gasteiger partial charge in [-0.05, 0) is 40.6 Å². The first-order chi connectivity index (χ1) is 10.3. The highest BCUT2D eigenvalue weighted by atomic mass is 35.5. The number of halogens is 1. The Bertz CT molecular complexity index is 757. The van der Waals surface area contributed by atoms with Crippen molar-refractivity contribution in [3.63, 3.8) is 0 Å². The van der Waals surface area contributed by atoms with Crippen LogP contribution in [0.1, 0.15) is 10.8 Å². The molecular formula is C18H16ClNS. The zero-order chi connectivity index (χ0) is 14.7. The molecule has 0 aliphatic heterocycles. The average molecular weight is 314 g/mol. The van der Waals surface area contributed by atoms with E-state index in [1.165, 1.54) is 21.2 Å². The molecule has 0 amide bonds. The number of nitrogens with two attached hydrogens (primary N) is 1. The third-order valence-electron chi connectivity index (χ3n) is 3.43. The van der Waals surface area contributed by atoms with Crippen LogP contribution in [0.4, 0.5) is 0 Å². The quantitative estimate of drug-likeness (QED) is 0.663. The number of benzene rings is 3. The lowest BCUT2D eigenvalue weighted by Crippen LogP contribution is -2.09. The van der Waals surface area contributed by atoms with E-state index in [2.05, 4.69) is 48.5 Å². The van der Waals surface area contributed by atoms with Crippen LogP contribution >= 0.6 is 23.4 Å². The molecule has 1 nitrogen and oxygen atoms in total. The second-order valence-electron chi connectivity index (χ2n) is 4.91. The van der Waals surface area contributed by atoms with Gasteiger partial charge in [0, 0.05) is 21.7 Å². The summed E-state index contributed by atoms with van der Waals surface area (Å²) in [5, 5.41) is 3.48. The van der Waals surface area contributed by atoms with E-state index in [4.69, 9.17) is 17.3 Å². The van der Waals surface area contributed by atoms with Gasteiger partial charge in [0.1, 0.15) is 0 Å². The maximum atomic E-state index is 6.08. The Morgan fingerprint density at radius 1 is 0.905 bits per heavy atom. The van der Waals surface area contributed by atoms with Crippen molar-refractivity contribution in [3.05, 3.63) is 77.3 Å². The molecular weight excluding hydrogens is 298 g/mol. The van der Waals surface area contributed by atoms with Gasteiger partial charge in [-0.15, -0.1) is 11.8 Å². The number of rotatable bonds is 4. The Hall–Kier alpha value is -1.48. The smallest absolute Gasteiger partial charge is 0.0467 e. The molecule has 0 heterocycles. The van der Waals surface area contributed by atoms with Crippen LogP contribution in [0.5, 0.6) is 0 Å². The Balaban J connectivity index is 1.88. The van der Waals surface area contributed by atoms with Gasteiger partial charge in [-0.3, -0.25) is 0 Å². The molecule has 2 N–H and O–H groups in total. The normalized spacial score (nSPS) is 12.5. The predicted molar refractivity (Wildman–Crippen MR) is 93.1 cm³/mol. The molecule has 0 aliphatic rings. The lowest BCUT2D eigenvalue weighted by molar-refractivity contribution is 0.941. The predicted octanol–water partition coefficient (Wildman–Crippen LogP) is 5.29. The summed E-state index contributed by atoms with van der Waals surface area (Å²) < 4.78 is 0. The molecule has 3 aromatic rings. The first kappa shape index (κ1) is 14.5. The van der Waals surface area contributed by atoms with E-state index in [-0.39, 0.29) is 5.25 Å². The molecule has 0 saturated heterocycles. The Morgan fingerprint density at radius 2 is 1.71 bits per heavy atom. The molecule has 1 unspecified atom stereocenters. The van der Waals surface area contributed by atoms with E-state index >= 15 is 0 Å². The highest BCUT2D eigenvalue weighted by Gasteiger charge is 2.12. The molecule has 0 aliphatic carbocycles. The molecule has 3 heteroatoms. The lowest BCUT2D eigenvalue weighted by atomic mass is 10.1. The summed E-state index contributed by atoms with van der Waals surface area (Å²) in [5.41, 5.74) is 7.12. The van der Waals surface area contributed by atoms with Crippen molar-refractivity contribution in [1.82, 2.24) is 0 Å². The Kier molecular flexibility index (Phi) is 4.49. The highest BCUT2D eigenvalue weighted by Crippen LogP contribution is 2.36. The maximum Gasteiger partial charge on any atom is 0.0467 e. The minimum absolute atomic E-state index is 0.213. The van der Waals surface area contributed by atoms with Crippen LogP contribution < -0.4 is 5.73 Å². The molecule has 0 saturated carbocycles. The van der Waals surface area contributed by atoms with E-state index in [9.17, 15) is 0 Å². The summed E-state index contributed by atoms with van der Waals surface area (Å²) in [7, 11) is 0. The van der Waals surface area contributed by atoms with Crippen LogP contribution in [-0.4, -0.2) is 6.54 Å². The molecule has 0 radical (unpaired) electrons. The second-order valence-corrected chi connectivity index (χ2v) is 6.62. The van der Waals surface area contributed by atoms with E-state index in [0.717, 1.165) is 5.02 Å². The van der Waals surface area contributed by atoms with Gasteiger partial charge in [0.2, 0.25) is 0 Å². The molecule has 0 fully saturated rings. The Labute approximate surface area is 134 Å². The molecule has 106 valence electrons. The second kappa shape index (κ2) is 6.52. The maximum absolute atomic E-state index is 6.08. The largest absolute Gasteiger partial charge is 0.329 e. The molecule has 21 heavy (non-hydrogen) atoms. The van der Waals surface area contributed by atoms with Crippen molar-refractivity contribution in [2.75, 3.05) is 6.54 Å². The van der Waals surface area contributed by atoms with Gasteiger partial charge in [-0.1, -0.05) is 54.1 Å². The van der Waals surface area contributed by atoms with Crippen LogP contribution in [0.2, 0.25) is 5.02 Å². The molecule has 3 aromatic carbocycles. The average Bonchev–Trinajstić information content (AvgIpc) is 2.52. The fourth-order valence-electron chi connectivity index (χ4n) is 2.36. The van der Waals surface area contributed by atoms with Gasteiger partial charge in [0.05, 0.1) is 0 Å². The van der Waals surface area contributed by atoms with Crippen LogP contribution in [-0.2, 0) is 0 Å². The van der Waals surface area contributed by atoms with Crippen LogP contribution in [0.25, 0.3) is 10.8 Å². The third-order valence-corrected chi connectivity index (χ3v) is 4.94. The number of hydrogen-bond acceptors (Lipinski definition) is 2. The highest BCUT2D eigenvalue weighted by molar-refractivity contribution is 7.99.